The zero-order chi connectivity index (χ0) is 20.1. The molecule has 1 heterocycles. The van der Waals surface area contributed by atoms with Gasteiger partial charge in [-0.2, -0.15) is 0 Å². The van der Waals surface area contributed by atoms with Crippen LogP contribution in [0.3, 0.4) is 0 Å². The molecule has 27 heavy (non-hydrogen) atoms. The van der Waals surface area contributed by atoms with Crippen LogP contribution in [-0.4, -0.2) is 35.3 Å². The van der Waals surface area contributed by atoms with Gasteiger partial charge in [-0.15, -0.1) is 0 Å². The lowest BCUT2D eigenvalue weighted by atomic mass is 10.1. The number of carbonyl (C=O) groups excluding carboxylic acids is 3. The molecule has 0 aliphatic heterocycles. The summed E-state index contributed by atoms with van der Waals surface area (Å²) >= 11 is 0. The second kappa shape index (κ2) is 8.66. The highest BCUT2D eigenvalue weighted by Crippen LogP contribution is 2.20. The average Bonchev–Trinajstić information content (AvgIpc) is 2.92. The molecule has 0 bridgehead atoms. The number of hydrogen-bond acceptors (Lipinski definition) is 5. The SMILES string of the molecule is CC(=O)c1ccc(OCC(=O)OCC(=O)c2cc(C)n(C(C)C)c2C)cc1. The number of hydrogen-bond donors (Lipinski definition) is 0. The van der Waals surface area contributed by atoms with Gasteiger partial charge in [0.15, 0.2) is 19.0 Å². The van der Waals surface area contributed by atoms with Crippen LogP contribution >= 0.6 is 0 Å². The number of esters is 1. The van der Waals surface area contributed by atoms with Crippen LogP contribution in [0.5, 0.6) is 5.75 Å². The summed E-state index contributed by atoms with van der Waals surface area (Å²) in [5.74, 6) is -0.467. The number of benzene rings is 1. The number of ketones is 2. The number of aryl methyl sites for hydroxylation is 1. The summed E-state index contributed by atoms with van der Waals surface area (Å²) in [6.07, 6.45) is 0. The molecule has 0 unspecified atom stereocenters. The molecule has 6 nitrogen and oxygen atoms in total. The highest BCUT2D eigenvalue weighted by molar-refractivity contribution is 5.99. The van der Waals surface area contributed by atoms with Gasteiger partial charge < -0.3 is 14.0 Å². The van der Waals surface area contributed by atoms with Gasteiger partial charge in [0.25, 0.3) is 0 Å². The lowest BCUT2D eigenvalue weighted by Gasteiger charge is -2.13. The molecular formula is C21H25NO5. The molecule has 2 aromatic rings. The van der Waals surface area contributed by atoms with Gasteiger partial charge in [-0.3, -0.25) is 9.59 Å². The third kappa shape index (κ3) is 5.06. The zero-order valence-electron chi connectivity index (χ0n) is 16.4. The Balaban J connectivity index is 1.87. The van der Waals surface area contributed by atoms with E-state index >= 15 is 0 Å². The van der Waals surface area contributed by atoms with Crippen molar-refractivity contribution in [2.45, 2.75) is 40.7 Å². The highest BCUT2D eigenvalue weighted by Gasteiger charge is 2.18. The molecule has 1 aromatic carbocycles. The van der Waals surface area contributed by atoms with Gasteiger partial charge in [0.1, 0.15) is 5.75 Å². The first-order chi connectivity index (χ1) is 12.7. The molecule has 0 saturated carbocycles. The Morgan fingerprint density at radius 1 is 1.04 bits per heavy atom. The Bertz CT molecular complexity index is 846. The van der Waals surface area contributed by atoms with E-state index in [1.807, 2.05) is 19.9 Å². The van der Waals surface area contributed by atoms with E-state index in [1.54, 1.807) is 24.3 Å². The van der Waals surface area contributed by atoms with Gasteiger partial charge in [0.05, 0.1) is 0 Å². The summed E-state index contributed by atoms with van der Waals surface area (Å²) in [5, 5.41) is 0. The van der Waals surface area contributed by atoms with E-state index in [0.717, 1.165) is 11.4 Å². The fourth-order valence-electron chi connectivity index (χ4n) is 3.05. The van der Waals surface area contributed by atoms with Gasteiger partial charge >= 0.3 is 5.97 Å². The monoisotopic (exact) mass is 371 g/mol. The van der Waals surface area contributed by atoms with E-state index in [2.05, 4.69) is 18.4 Å². The van der Waals surface area contributed by atoms with Crippen LogP contribution in [0.1, 0.15) is 58.9 Å². The topological polar surface area (TPSA) is 74.6 Å². The number of aromatic nitrogens is 1. The number of rotatable bonds is 8. The Hall–Kier alpha value is -2.89. The molecule has 0 aliphatic carbocycles. The van der Waals surface area contributed by atoms with Crippen LogP contribution in [0.4, 0.5) is 0 Å². The maximum atomic E-state index is 12.4. The van der Waals surface area contributed by atoms with Crippen molar-refractivity contribution in [2.24, 2.45) is 0 Å². The number of Topliss-reactive ketones (excluding diaryl/α,β-unsaturated/α-hetero) is 2. The fraction of sp³-hybridized carbons (Fsp3) is 0.381. The standard InChI is InChI=1S/C21H25NO5/c1-13(2)22-14(3)10-19(15(22)4)20(24)11-27-21(25)12-26-18-8-6-17(7-9-18)16(5)23/h6-10,13H,11-12H2,1-5H3. The van der Waals surface area contributed by atoms with Gasteiger partial charge in [-0.05, 0) is 65.0 Å². The van der Waals surface area contributed by atoms with Crippen molar-refractivity contribution in [1.29, 1.82) is 0 Å². The van der Waals surface area contributed by atoms with Crippen molar-refractivity contribution < 1.29 is 23.9 Å². The van der Waals surface area contributed by atoms with Gasteiger partial charge in [0, 0.05) is 28.6 Å². The van der Waals surface area contributed by atoms with Crippen LogP contribution < -0.4 is 4.74 Å². The summed E-state index contributed by atoms with van der Waals surface area (Å²) in [6, 6.07) is 8.52. The third-order valence-electron chi connectivity index (χ3n) is 4.28. The van der Waals surface area contributed by atoms with Gasteiger partial charge in [-0.1, -0.05) is 0 Å². The van der Waals surface area contributed by atoms with Crippen LogP contribution in [-0.2, 0) is 9.53 Å². The molecule has 0 spiro atoms. The quantitative estimate of drug-likeness (QED) is 0.522. The molecule has 1 aromatic heterocycles. The van der Waals surface area contributed by atoms with Crippen molar-refractivity contribution in [1.82, 2.24) is 4.57 Å². The molecule has 0 N–H and O–H groups in total. The summed E-state index contributed by atoms with van der Waals surface area (Å²) in [6.45, 7) is 8.77. The van der Waals surface area contributed by atoms with Crippen molar-refractivity contribution in [2.75, 3.05) is 13.2 Å². The average molecular weight is 371 g/mol. The van der Waals surface area contributed by atoms with Crippen molar-refractivity contribution >= 4 is 17.5 Å². The normalized spacial score (nSPS) is 10.7. The second-order valence-electron chi connectivity index (χ2n) is 6.70. The minimum atomic E-state index is -0.628. The molecule has 0 saturated heterocycles. The van der Waals surface area contributed by atoms with Gasteiger partial charge in [0.2, 0.25) is 5.78 Å². The summed E-state index contributed by atoms with van der Waals surface area (Å²) in [4.78, 5) is 35.4. The van der Waals surface area contributed by atoms with Crippen LogP contribution in [0, 0.1) is 13.8 Å². The van der Waals surface area contributed by atoms with Crippen LogP contribution in [0.15, 0.2) is 30.3 Å². The van der Waals surface area contributed by atoms with E-state index in [9.17, 15) is 14.4 Å². The Kier molecular flexibility index (Phi) is 6.55. The Morgan fingerprint density at radius 2 is 1.67 bits per heavy atom. The van der Waals surface area contributed by atoms with Crippen LogP contribution in [0.25, 0.3) is 0 Å². The van der Waals surface area contributed by atoms with Gasteiger partial charge in [-0.25, -0.2) is 4.79 Å². The summed E-state index contributed by atoms with van der Waals surface area (Å²) in [5.41, 5.74) is 2.99. The molecule has 0 fully saturated rings. The van der Waals surface area contributed by atoms with Crippen molar-refractivity contribution in [3.63, 3.8) is 0 Å². The number of carbonyl (C=O) groups is 3. The van der Waals surface area contributed by atoms with E-state index < -0.39 is 5.97 Å². The molecule has 2 rings (SSSR count). The van der Waals surface area contributed by atoms with E-state index in [-0.39, 0.29) is 30.8 Å². The van der Waals surface area contributed by atoms with Crippen molar-refractivity contribution in [3.8, 4) is 5.75 Å². The molecule has 0 aliphatic rings. The van der Waals surface area contributed by atoms with E-state index in [1.165, 1.54) is 6.92 Å². The molecule has 6 heteroatoms. The van der Waals surface area contributed by atoms with E-state index in [4.69, 9.17) is 9.47 Å². The number of ether oxygens (including phenoxy) is 2. The Morgan fingerprint density at radius 3 is 2.19 bits per heavy atom. The summed E-state index contributed by atoms with van der Waals surface area (Å²) in [7, 11) is 0. The van der Waals surface area contributed by atoms with E-state index in [0.29, 0.717) is 16.9 Å². The largest absolute Gasteiger partial charge is 0.482 e. The Labute approximate surface area is 159 Å². The fourth-order valence-corrected chi connectivity index (χ4v) is 3.05. The predicted octanol–water partition coefficient (Wildman–Crippen LogP) is 3.69. The highest BCUT2D eigenvalue weighted by atomic mass is 16.6. The first-order valence-corrected chi connectivity index (χ1v) is 8.81. The lowest BCUT2D eigenvalue weighted by molar-refractivity contribution is -0.144. The third-order valence-corrected chi connectivity index (χ3v) is 4.28. The second-order valence-corrected chi connectivity index (χ2v) is 6.70. The summed E-state index contributed by atoms with van der Waals surface area (Å²) < 4.78 is 12.4. The van der Waals surface area contributed by atoms with Crippen LogP contribution in [0.2, 0.25) is 0 Å². The molecule has 0 radical (unpaired) electrons. The minimum absolute atomic E-state index is 0.0451. The molecule has 0 atom stereocenters. The molecular weight excluding hydrogens is 346 g/mol. The smallest absolute Gasteiger partial charge is 0.344 e. The minimum Gasteiger partial charge on any atom is -0.482 e. The predicted molar refractivity (Wildman–Crippen MR) is 102 cm³/mol. The zero-order valence-corrected chi connectivity index (χ0v) is 16.4. The number of nitrogens with zero attached hydrogens (tertiary/aromatic N) is 1. The molecule has 144 valence electrons. The lowest BCUT2D eigenvalue weighted by Crippen LogP contribution is -2.20. The maximum absolute atomic E-state index is 12.4. The molecule has 0 amide bonds. The first kappa shape index (κ1) is 20.4. The first-order valence-electron chi connectivity index (χ1n) is 8.81. The maximum Gasteiger partial charge on any atom is 0.344 e. The van der Waals surface area contributed by atoms with Crippen molar-refractivity contribution in [3.05, 3.63) is 52.8 Å².